The summed E-state index contributed by atoms with van der Waals surface area (Å²) in [7, 11) is 0. The van der Waals surface area contributed by atoms with Crippen LogP contribution in [-0.4, -0.2) is 33.4 Å². The number of hydrogen-bond donors (Lipinski definition) is 1. The molecule has 1 unspecified atom stereocenters. The lowest BCUT2D eigenvalue weighted by atomic mass is 9.93. The molecule has 1 fully saturated rings. The molecule has 2 aromatic heterocycles. The molecule has 1 saturated heterocycles. The number of carbonyl (C=O) groups is 2. The Morgan fingerprint density at radius 1 is 1.40 bits per heavy atom. The number of carbonyl (C=O) groups excluding carboxylic acids is 2. The van der Waals surface area contributed by atoms with Gasteiger partial charge in [-0.15, -0.1) is 0 Å². The van der Waals surface area contributed by atoms with Crippen LogP contribution in [0, 0.1) is 5.92 Å². The highest BCUT2D eigenvalue weighted by Gasteiger charge is 2.35. The minimum absolute atomic E-state index is 0.0404. The number of nitrogens with one attached hydrogen (secondary N) is 1. The zero-order chi connectivity index (χ0) is 18.0. The van der Waals surface area contributed by atoms with Gasteiger partial charge in [0, 0.05) is 30.6 Å². The quantitative estimate of drug-likeness (QED) is 0.921. The second kappa shape index (κ2) is 6.66. The van der Waals surface area contributed by atoms with Crippen LogP contribution < -0.4 is 5.32 Å². The minimum atomic E-state index is -0.397. The van der Waals surface area contributed by atoms with E-state index in [1.54, 1.807) is 17.2 Å². The molecule has 0 spiro atoms. The second-order valence-electron chi connectivity index (χ2n) is 7.31. The maximum atomic E-state index is 12.4. The van der Waals surface area contributed by atoms with Gasteiger partial charge in [-0.05, 0) is 12.1 Å². The molecule has 7 heteroatoms. The van der Waals surface area contributed by atoms with Gasteiger partial charge in [-0.2, -0.15) is 0 Å². The Morgan fingerprint density at radius 3 is 2.84 bits per heavy atom. The maximum absolute atomic E-state index is 12.4. The van der Waals surface area contributed by atoms with Gasteiger partial charge >= 0.3 is 0 Å². The molecule has 1 atom stereocenters. The molecule has 0 aliphatic carbocycles. The maximum Gasteiger partial charge on any atom is 0.231 e. The lowest BCUT2D eigenvalue weighted by molar-refractivity contribution is -0.128. The van der Waals surface area contributed by atoms with Crippen molar-refractivity contribution in [3.05, 3.63) is 41.9 Å². The fourth-order valence-corrected chi connectivity index (χ4v) is 2.70. The van der Waals surface area contributed by atoms with Crippen molar-refractivity contribution >= 4 is 17.6 Å². The molecule has 2 aromatic rings. The monoisotopic (exact) mass is 342 g/mol. The zero-order valence-electron chi connectivity index (χ0n) is 14.7. The summed E-state index contributed by atoms with van der Waals surface area (Å²) in [5.41, 5.74) is 0.627. The molecular formula is C18H22N4O3. The number of likely N-dealkylation sites (tertiary alicyclic amines) is 1. The third-order valence-corrected chi connectivity index (χ3v) is 4.16. The van der Waals surface area contributed by atoms with Gasteiger partial charge in [0.2, 0.25) is 11.8 Å². The predicted octanol–water partition coefficient (Wildman–Crippen LogP) is 2.35. The van der Waals surface area contributed by atoms with Crippen molar-refractivity contribution in [2.24, 2.45) is 5.92 Å². The third kappa shape index (κ3) is 4.04. The van der Waals surface area contributed by atoms with Gasteiger partial charge in [0.15, 0.2) is 5.82 Å². The highest BCUT2D eigenvalue weighted by Crippen LogP contribution is 2.26. The summed E-state index contributed by atoms with van der Waals surface area (Å²) < 4.78 is 5.26. The molecule has 1 aliphatic heterocycles. The van der Waals surface area contributed by atoms with E-state index in [-0.39, 0.29) is 23.7 Å². The number of amides is 2. The van der Waals surface area contributed by atoms with E-state index in [0.717, 1.165) is 5.69 Å². The molecule has 3 rings (SSSR count). The van der Waals surface area contributed by atoms with Crippen LogP contribution in [0.3, 0.4) is 0 Å². The van der Waals surface area contributed by atoms with E-state index in [9.17, 15) is 9.59 Å². The highest BCUT2D eigenvalue weighted by atomic mass is 16.5. The fraction of sp³-hybridized carbons (Fsp3) is 0.444. The standard InChI is InChI=1S/C18H22N4O3/c1-18(2,3)14-9-15(21-25-14)20-17(24)12-8-16(23)22(10-12)11-13-6-4-5-7-19-13/h4-7,9,12H,8,10-11H2,1-3H3,(H,20,21,24). The van der Waals surface area contributed by atoms with E-state index in [4.69, 9.17) is 4.52 Å². The summed E-state index contributed by atoms with van der Waals surface area (Å²) in [5.74, 6) is 0.422. The van der Waals surface area contributed by atoms with E-state index in [0.29, 0.717) is 24.7 Å². The average Bonchev–Trinajstić information content (AvgIpc) is 3.16. The topological polar surface area (TPSA) is 88.3 Å². The third-order valence-electron chi connectivity index (χ3n) is 4.16. The summed E-state index contributed by atoms with van der Waals surface area (Å²) in [5, 5.41) is 6.63. The SMILES string of the molecule is CC(C)(C)c1cc(NC(=O)C2CC(=O)N(Cc3ccccn3)C2)no1. The van der Waals surface area contributed by atoms with Crippen molar-refractivity contribution in [2.75, 3.05) is 11.9 Å². The van der Waals surface area contributed by atoms with Gasteiger partial charge in [-0.25, -0.2) is 0 Å². The first-order chi connectivity index (χ1) is 11.8. The molecule has 0 saturated carbocycles. The number of aromatic nitrogens is 2. The van der Waals surface area contributed by atoms with Crippen molar-refractivity contribution in [2.45, 2.75) is 39.2 Å². The molecule has 1 N–H and O–H groups in total. The molecule has 0 bridgehead atoms. The Balaban J connectivity index is 1.60. The molecular weight excluding hydrogens is 320 g/mol. The van der Waals surface area contributed by atoms with Crippen molar-refractivity contribution < 1.29 is 14.1 Å². The first-order valence-electron chi connectivity index (χ1n) is 8.28. The second-order valence-corrected chi connectivity index (χ2v) is 7.31. The van der Waals surface area contributed by atoms with E-state index in [2.05, 4.69) is 15.5 Å². The summed E-state index contributed by atoms with van der Waals surface area (Å²) in [6, 6.07) is 7.30. The van der Waals surface area contributed by atoms with Crippen molar-refractivity contribution in [3.63, 3.8) is 0 Å². The average molecular weight is 342 g/mol. The number of pyridine rings is 1. The van der Waals surface area contributed by atoms with Gasteiger partial charge in [-0.3, -0.25) is 14.6 Å². The van der Waals surface area contributed by atoms with Crippen LogP contribution in [0.5, 0.6) is 0 Å². The number of rotatable bonds is 4. The molecule has 2 amide bonds. The first kappa shape index (κ1) is 17.1. The molecule has 0 radical (unpaired) electrons. The zero-order valence-corrected chi connectivity index (χ0v) is 14.7. The number of anilines is 1. The van der Waals surface area contributed by atoms with Crippen LogP contribution in [0.25, 0.3) is 0 Å². The predicted molar refractivity (Wildman–Crippen MR) is 91.6 cm³/mol. The summed E-state index contributed by atoms with van der Waals surface area (Å²) >= 11 is 0. The smallest absolute Gasteiger partial charge is 0.231 e. The van der Waals surface area contributed by atoms with Crippen LogP contribution in [-0.2, 0) is 21.5 Å². The highest BCUT2D eigenvalue weighted by molar-refractivity contribution is 5.96. The van der Waals surface area contributed by atoms with Gasteiger partial charge in [-0.1, -0.05) is 32.0 Å². The van der Waals surface area contributed by atoms with Crippen molar-refractivity contribution in [3.8, 4) is 0 Å². The molecule has 1 aliphatic rings. The molecule has 3 heterocycles. The van der Waals surface area contributed by atoms with E-state index >= 15 is 0 Å². The lowest BCUT2D eigenvalue weighted by Crippen LogP contribution is -2.28. The van der Waals surface area contributed by atoms with Gasteiger partial charge in [0.1, 0.15) is 5.76 Å². The Kier molecular flexibility index (Phi) is 4.57. The van der Waals surface area contributed by atoms with Crippen LogP contribution in [0.2, 0.25) is 0 Å². The Labute approximate surface area is 146 Å². The van der Waals surface area contributed by atoms with Crippen LogP contribution in [0.15, 0.2) is 35.0 Å². The van der Waals surface area contributed by atoms with Crippen LogP contribution >= 0.6 is 0 Å². The minimum Gasteiger partial charge on any atom is -0.359 e. The van der Waals surface area contributed by atoms with Crippen molar-refractivity contribution in [1.82, 2.24) is 15.0 Å². The van der Waals surface area contributed by atoms with Gasteiger partial charge in [0.05, 0.1) is 18.2 Å². The summed E-state index contributed by atoms with van der Waals surface area (Å²) in [6.45, 7) is 6.81. The summed E-state index contributed by atoms with van der Waals surface area (Å²) in [4.78, 5) is 30.5. The fourth-order valence-electron chi connectivity index (χ4n) is 2.70. The number of hydrogen-bond acceptors (Lipinski definition) is 5. The van der Waals surface area contributed by atoms with E-state index in [1.165, 1.54) is 0 Å². The largest absolute Gasteiger partial charge is 0.359 e. The normalized spacial score (nSPS) is 17.8. The Morgan fingerprint density at radius 2 is 2.20 bits per heavy atom. The van der Waals surface area contributed by atoms with Crippen LogP contribution in [0.4, 0.5) is 5.82 Å². The summed E-state index contributed by atoms with van der Waals surface area (Å²) in [6.07, 6.45) is 1.89. The van der Waals surface area contributed by atoms with E-state index < -0.39 is 5.92 Å². The molecule has 132 valence electrons. The van der Waals surface area contributed by atoms with Gasteiger partial charge < -0.3 is 14.7 Å². The van der Waals surface area contributed by atoms with Crippen LogP contribution in [0.1, 0.15) is 38.6 Å². The number of nitrogens with zero attached hydrogens (tertiary/aromatic N) is 3. The van der Waals surface area contributed by atoms with Crippen molar-refractivity contribution in [1.29, 1.82) is 0 Å². The van der Waals surface area contributed by atoms with Gasteiger partial charge in [0.25, 0.3) is 0 Å². The molecule has 7 nitrogen and oxygen atoms in total. The Hall–Kier alpha value is -2.70. The Bertz CT molecular complexity index is 764. The first-order valence-corrected chi connectivity index (χ1v) is 8.28. The lowest BCUT2D eigenvalue weighted by Gasteiger charge is -2.15. The van der Waals surface area contributed by atoms with E-state index in [1.807, 2.05) is 39.0 Å². The molecule has 0 aromatic carbocycles. The molecule has 25 heavy (non-hydrogen) atoms.